The maximum absolute atomic E-state index is 15.0. The molecule has 2 aromatic rings. The summed E-state index contributed by atoms with van der Waals surface area (Å²) < 4.78 is 27.5. The van der Waals surface area contributed by atoms with Crippen LogP contribution in [0.1, 0.15) is 74.5 Å². The van der Waals surface area contributed by atoms with Crippen LogP contribution in [-0.2, 0) is 16.5 Å². The molecule has 2 aromatic heterocycles. The van der Waals surface area contributed by atoms with E-state index in [2.05, 4.69) is 31.3 Å². The predicted molar refractivity (Wildman–Crippen MR) is 149 cm³/mol. The molecule has 1 aliphatic rings. The molecule has 1 aliphatic heterocycles. The summed E-state index contributed by atoms with van der Waals surface area (Å²) in [4.78, 5) is 44.4. The number of hydrazine groups is 1. The highest BCUT2D eigenvalue weighted by Crippen LogP contribution is 2.33. The number of hydrogen-bond donors (Lipinski definition) is 2. The molecule has 0 aliphatic carbocycles. The van der Waals surface area contributed by atoms with E-state index in [1.807, 2.05) is 4.90 Å². The molecule has 1 saturated heterocycles. The normalized spacial score (nSPS) is 18.4. The van der Waals surface area contributed by atoms with Crippen molar-refractivity contribution in [2.75, 3.05) is 23.0 Å². The van der Waals surface area contributed by atoms with Gasteiger partial charge in [-0.15, -0.1) is 0 Å². The molecular weight excluding hydrogens is 597 g/mol. The van der Waals surface area contributed by atoms with Crippen LogP contribution in [-0.4, -0.2) is 69.2 Å². The summed E-state index contributed by atoms with van der Waals surface area (Å²) in [5.74, 6) is 5.31. The number of alkyl halides is 1. The van der Waals surface area contributed by atoms with E-state index in [1.54, 1.807) is 48.6 Å². The molecule has 2 atom stereocenters. The first-order valence-corrected chi connectivity index (χ1v) is 14.0. The quantitative estimate of drug-likeness (QED) is 0.217. The summed E-state index contributed by atoms with van der Waals surface area (Å²) in [7, 11) is 1.68. The summed E-state index contributed by atoms with van der Waals surface area (Å²) in [6.45, 7) is 11.0. The number of thiazole rings is 1. The Kier molecular flexibility index (Phi) is 9.27. The Morgan fingerprint density at radius 3 is 2.38 bits per heavy atom. The van der Waals surface area contributed by atoms with E-state index in [4.69, 9.17) is 15.3 Å². The van der Waals surface area contributed by atoms with Crippen LogP contribution in [0.15, 0.2) is 10.1 Å². The molecule has 0 spiro atoms. The van der Waals surface area contributed by atoms with Crippen molar-refractivity contribution in [1.29, 1.82) is 0 Å². The van der Waals surface area contributed by atoms with Gasteiger partial charge in [-0.3, -0.25) is 9.48 Å². The first-order valence-electron chi connectivity index (χ1n) is 12.4. The van der Waals surface area contributed by atoms with E-state index in [0.29, 0.717) is 16.3 Å². The van der Waals surface area contributed by atoms with E-state index in [-0.39, 0.29) is 35.6 Å². The van der Waals surface area contributed by atoms with Crippen molar-refractivity contribution in [3.05, 3.63) is 20.7 Å². The molecule has 12 nitrogen and oxygen atoms in total. The number of esters is 1. The molecule has 0 saturated carbocycles. The number of amides is 2. The average Bonchev–Trinajstić information content (AvgIpc) is 3.32. The van der Waals surface area contributed by atoms with E-state index >= 15 is 4.39 Å². The van der Waals surface area contributed by atoms with Crippen LogP contribution < -0.4 is 21.1 Å². The van der Waals surface area contributed by atoms with Crippen molar-refractivity contribution >= 4 is 56.7 Å². The number of carbonyl (C=O) groups excluding carboxylic acids is 3. The number of anilines is 2. The highest BCUT2D eigenvalue weighted by atomic mass is 79.9. The number of nitrogens with one attached hydrogen (secondary N) is 1. The van der Waals surface area contributed by atoms with Gasteiger partial charge in [0.25, 0.3) is 5.91 Å². The number of halogens is 2. The zero-order chi connectivity index (χ0) is 29.3. The number of nitrogens with zero attached hydrogens (tertiary/aromatic N) is 5. The highest BCUT2D eigenvalue weighted by Gasteiger charge is 2.34. The second-order valence-corrected chi connectivity index (χ2v) is 13.4. The van der Waals surface area contributed by atoms with E-state index in [0.717, 1.165) is 16.3 Å². The SMILES string of the molecule is Cn1ncc(N(N)C(=O)c2nc(Br)sc2C(=O)OC(C)(C)C)c1N1CCC(F)C(NC(=O)OC(C)(C)C)CC1. The van der Waals surface area contributed by atoms with Gasteiger partial charge in [-0.25, -0.2) is 29.8 Å². The van der Waals surface area contributed by atoms with Crippen molar-refractivity contribution in [3.8, 4) is 0 Å². The van der Waals surface area contributed by atoms with Crippen LogP contribution in [0.25, 0.3) is 0 Å². The van der Waals surface area contributed by atoms with Crippen LogP contribution in [0.3, 0.4) is 0 Å². The fraction of sp³-hybridized carbons (Fsp3) is 0.625. The lowest BCUT2D eigenvalue weighted by Gasteiger charge is -2.26. The third-order valence-corrected chi connectivity index (χ3v) is 7.06. The number of nitrogens with two attached hydrogens (primary N) is 1. The second kappa shape index (κ2) is 11.8. The number of alkyl carbamates (subject to hydrolysis) is 1. The van der Waals surface area contributed by atoms with E-state index in [9.17, 15) is 14.4 Å². The molecule has 3 rings (SSSR count). The van der Waals surface area contributed by atoms with Crippen molar-refractivity contribution in [2.24, 2.45) is 12.9 Å². The smallest absolute Gasteiger partial charge is 0.407 e. The number of rotatable bonds is 5. The zero-order valence-electron chi connectivity index (χ0n) is 23.1. The minimum atomic E-state index is -1.31. The van der Waals surface area contributed by atoms with Gasteiger partial charge in [0, 0.05) is 20.1 Å². The van der Waals surface area contributed by atoms with Gasteiger partial charge in [-0.2, -0.15) is 5.10 Å². The Bertz CT molecular complexity index is 1220. The number of ether oxygens (including phenoxy) is 2. The molecule has 0 radical (unpaired) electrons. The summed E-state index contributed by atoms with van der Waals surface area (Å²) >= 11 is 4.19. The number of aryl methyl sites for hydroxylation is 1. The second-order valence-electron chi connectivity index (χ2n) is 11.1. The summed E-state index contributed by atoms with van der Waals surface area (Å²) in [5, 5.41) is 7.75. The fourth-order valence-corrected chi connectivity index (χ4v) is 5.31. The summed E-state index contributed by atoms with van der Waals surface area (Å²) in [5.41, 5.74) is -1.40. The molecule has 3 heterocycles. The van der Waals surface area contributed by atoms with E-state index in [1.165, 1.54) is 10.9 Å². The predicted octanol–water partition coefficient (Wildman–Crippen LogP) is 3.95. The van der Waals surface area contributed by atoms with Crippen molar-refractivity contribution < 1.29 is 28.2 Å². The lowest BCUT2D eigenvalue weighted by atomic mass is 10.1. The first kappa shape index (κ1) is 30.8. The molecule has 2 amide bonds. The summed E-state index contributed by atoms with van der Waals surface area (Å²) in [6, 6.07) is -0.749. The van der Waals surface area contributed by atoms with Crippen molar-refractivity contribution in [2.45, 2.75) is 77.8 Å². The van der Waals surface area contributed by atoms with Gasteiger partial charge in [-0.1, -0.05) is 11.3 Å². The maximum atomic E-state index is 15.0. The topological polar surface area (TPSA) is 145 Å². The minimum absolute atomic E-state index is 0.00814. The van der Waals surface area contributed by atoms with Crippen LogP contribution in [0.5, 0.6) is 0 Å². The zero-order valence-corrected chi connectivity index (χ0v) is 25.5. The van der Waals surface area contributed by atoms with Gasteiger partial charge >= 0.3 is 12.1 Å². The highest BCUT2D eigenvalue weighted by molar-refractivity contribution is 9.11. The number of hydrogen-bond acceptors (Lipinski definition) is 10. The maximum Gasteiger partial charge on any atom is 0.407 e. The van der Waals surface area contributed by atoms with Gasteiger partial charge in [0.15, 0.2) is 15.4 Å². The van der Waals surface area contributed by atoms with Crippen LogP contribution in [0, 0.1) is 0 Å². The molecule has 1 fully saturated rings. The van der Waals surface area contributed by atoms with Gasteiger partial charge in [0.05, 0.1) is 12.2 Å². The third kappa shape index (κ3) is 7.88. The molecule has 216 valence electrons. The molecule has 15 heteroatoms. The Morgan fingerprint density at radius 1 is 1.15 bits per heavy atom. The molecule has 39 heavy (non-hydrogen) atoms. The van der Waals surface area contributed by atoms with Gasteiger partial charge in [0.1, 0.15) is 27.9 Å². The Hall–Kier alpha value is -2.78. The molecule has 3 N–H and O–H groups in total. The minimum Gasteiger partial charge on any atom is -0.456 e. The standard InChI is InChI=1S/C24H35BrFN7O5S/c1-23(2,3)37-20(35)17-16(30-21(25)39-17)19(34)33(27)15-12-28-31(7)18(15)32-10-8-13(26)14(9-11-32)29-22(36)38-24(4,5)6/h12-14H,8-11,27H2,1-7H3,(H,29,36). The Morgan fingerprint density at radius 2 is 1.77 bits per heavy atom. The number of carbonyl (C=O) groups is 3. The lowest BCUT2D eigenvalue weighted by molar-refractivity contribution is 0.00728. The fourth-order valence-electron chi connectivity index (χ4n) is 3.98. The lowest BCUT2D eigenvalue weighted by Crippen LogP contribution is -2.44. The molecule has 2 unspecified atom stereocenters. The van der Waals surface area contributed by atoms with Gasteiger partial charge in [0.2, 0.25) is 0 Å². The molecule has 0 aromatic carbocycles. The van der Waals surface area contributed by atoms with Crippen molar-refractivity contribution in [3.63, 3.8) is 0 Å². The first-order chi connectivity index (χ1) is 18.0. The average molecular weight is 633 g/mol. The van der Waals surface area contributed by atoms with Gasteiger partial charge in [-0.05, 0) is 70.3 Å². The van der Waals surface area contributed by atoms with Gasteiger partial charge < -0.3 is 19.7 Å². The van der Waals surface area contributed by atoms with Crippen LogP contribution >= 0.6 is 27.3 Å². The molecule has 0 bridgehead atoms. The summed E-state index contributed by atoms with van der Waals surface area (Å²) in [6.07, 6.45) is -0.176. The Labute approximate surface area is 239 Å². The monoisotopic (exact) mass is 631 g/mol. The largest absolute Gasteiger partial charge is 0.456 e. The van der Waals surface area contributed by atoms with Crippen LogP contribution in [0.4, 0.5) is 20.7 Å². The van der Waals surface area contributed by atoms with E-state index < -0.39 is 41.4 Å². The third-order valence-electron chi connectivity index (χ3n) is 5.58. The van der Waals surface area contributed by atoms with Crippen molar-refractivity contribution in [1.82, 2.24) is 20.1 Å². The Balaban J connectivity index is 1.81. The van der Waals surface area contributed by atoms with Crippen LogP contribution in [0.2, 0.25) is 0 Å². The molecular formula is C24H35BrFN7O5S. The number of aromatic nitrogens is 3.